The summed E-state index contributed by atoms with van der Waals surface area (Å²) in [7, 11) is 0. The monoisotopic (exact) mass is 228 g/mol. The number of hydrogen-bond acceptors (Lipinski definition) is 1. The van der Waals surface area contributed by atoms with E-state index in [0.717, 1.165) is 6.07 Å². The van der Waals surface area contributed by atoms with Gasteiger partial charge in [-0.3, -0.25) is 4.79 Å². The van der Waals surface area contributed by atoms with E-state index < -0.39 is 17.9 Å². The average molecular weight is 228 g/mol. The third-order valence-corrected chi connectivity index (χ3v) is 2.22. The first-order chi connectivity index (χ1) is 7.41. The van der Waals surface area contributed by atoms with Crippen molar-refractivity contribution in [2.75, 3.05) is 0 Å². The van der Waals surface area contributed by atoms with Crippen molar-refractivity contribution in [2.24, 2.45) is 5.73 Å². The van der Waals surface area contributed by atoms with Gasteiger partial charge in [-0.2, -0.15) is 0 Å². The van der Waals surface area contributed by atoms with Crippen LogP contribution in [0.5, 0.6) is 0 Å². The Labute approximate surface area is 88.3 Å². The van der Waals surface area contributed by atoms with Crippen LogP contribution in [0.15, 0.2) is 30.3 Å². The summed E-state index contributed by atoms with van der Waals surface area (Å²) in [5.41, 5.74) is 4.27. The van der Waals surface area contributed by atoms with Gasteiger partial charge in [0.1, 0.15) is 5.69 Å². The van der Waals surface area contributed by atoms with Crippen molar-refractivity contribution in [2.45, 2.75) is 6.30 Å². The molecule has 2 N–H and O–H groups in total. The van der Waals surface area contributed by atoms with Gasteiger partial charge in [0.05, 0.1) is 5.52 Å². The second kappa shape index (κ2) is 3.26. The summed E-state index contributed by atoms with van der Waals surface area (Å²) in [6, 6.07) is 6.97. The standard InChI is InChI=1S/C10H7F3N2O/c11-10(12,13)15-7-4-2-1-3-6(7)5-8(15)9(14)16/h1-5H,(H2,14,16). The fourth-order valence-corrected chi connectivity index (χ4v) is 1.61. The van der Waals surface area contributed by atoms with Crippen molar-refractivity contribution in [1.29, 1.82) is 0 Å². The molecule has 0 aliphatic rings. The van der Waals surface area contributed by atoms with Crippen LogP contribution in [0, 0.1) is 0 Å². The predicted molar refractivity (Wildman–Crippen MR) is 51.8 cm³/mol. The molecule has 1 aromatic heterocycles. The third kappa shape index (κ3) is 1.52. The minimum Gasteiger partial charge on any atom is -0.364 e. The van der Waals surface area contributed by atoms with Crippen LogP contribution in [0.4, 0.5) is 13.2 Å². The number of para-hydroxylation sites is 1. The van der Waals surface area contributed by atoms with Crippen LogP contribution in [0.1, 0.15) is 10.5 Å². The van der Waals surface area contributed by atoms with Gasteiger partial charge in [-0.05, 0) is 12.1 Å². The molecule has 84 valence electrons. The van der Waals surface area contributed by atoms with Gasteiger partial charge in [0.25, 0.3) is 5.91 Å². The van der Waals surface area contributed by atoms with Crippen LogP contribution in [0.3, 0.4) is 0 Å². The van der Waals surface area contributed by atoms with Crippen molar-refractivity contribution in [3.8, 4) is 0 Å². The summed E-state index contributed by atoms with van der Waals surface area (Å²) in [6.45, 7) is 0. The lowest BCUT2D eigenvalue weighted by atomic mass is 10.2. The maximum Gasteiger partial charge on any atom is 0.489 e. The lowest BCUT2D eigenvalue weighted by molar-refractivity contribution is -0.201. The van der Waals surface area contributed by atoms with Crippen molar-refractivity contribution in [1.82, 2.24) is 4.57 Å². The number of rotatable bonds is 1. The number of hydrogen-bond donors (Lipinski definition) is 1. The predicted octanol–water partition coefficient (Wildman–Crippen LogP) is 2.22. The van der Waals surface area contributed by atoms with Crippen LogP contribution in [-0.4, -0.2) is 10.5 Å². The minimum absolute atomic E-state index is 0.00926. The summed E-state index contributed by atoms with van der Waals surface area (Å²) in [6.07, 6.45) is -4.66. The second-order valence-electron chi connectivity index (χ2n) is 3.26. The number of aromatic nitrogens is 1. The smallest absolute Gasteiger partial charge is 0.364 e. The van der Waals surface area contributed by atoms with Crippen LogP contribution < -0.4 is 5.73 Å². The fourth-order valence-electron chi connectivity index (χ4n) is 1.61. The van der Waals surface area contributed by atoms with Gasteiger partial charge in [-0.1, -0.05) is 18.2 Å². The zero-order chi connectivity index (χ0) is 11.9. The maximum atomic E-state index is 12.7. The number of primary amides is 1. The number of fused-ring (bicyclic) bond motifs is 1. The highest BCUT2D eigenvalue weighted by Gasteiger charge is 2.35. The number of carbonyl (C=O) groups is 1. The molecule has 0 fully saturated rings. The van der Waals surface area contributed by atoms with E-state index >= 15 is 0 Å². The van der Waals surface area contributed by atoms with Gasteiger partial charge in [0.2, 0.25) is 0 Å². The van der Waals surface area contributed by atoms with E-state index in [0.29, 0.717) is 5.39 Å². The van der Waals surface area contributed by atoms with Crippen LogP contribution in [0.25, 0.3) is 10.9 Å². The van der Waals surface area contributed by atoms with Gasteiger partial charge < -0.3 is 5.73 Å². The molecule has 0 aliphatic carbocycles. The molecular weight excluding hydrogens is 221 g/mol. The maximum absolute atomic E-state index is 12.7. The molecule has 0 spiro atoms. The SMILES string of the molecule is NC(=O)c1cc2ccccc2n1C(F)(F)F. The molecule has 1 aromatic carbocycles. The van der Waals surface area contributed by atoms with Gasteiger partial charge in [0, 0.05) is 5.39 Å². The summed E-state index contributed by atoms with van der Waals surface area (Å²) in [5, 5.41) is 0.327. The lowest BCUT2D eigenvalue weighted by Gasteiger charge is -2.11. The highest BCUT2D eigenvalue weighted by molar-refractivity contribution is 5.97. The van der Waals surface area contributed by atoms with Crippen molar-refractivity contribution < 1.29 is 18.0 Å². The summed E-state index contributed by atoms with van der Waals surface area (Å²) in [5.74, 6) is -1.10. The number of nitrogens with zero attached hydrogens (tertiary/aromatic N) is 1. The molecule has 6 heteroatoms. The molecule has 2 rings (SSSR count). The molecule has 3 nitrogen and oxygen atoms in total. The van der Waals surface area contributed by atoms with Crippen molar-refractivity contribution >= 4 is 16.8 Å². The summed E-state index contributed by atoms with van der Waals surface area (Å²) >= 11 is 0. The Hall–Kier alpha value is -1.98. The molecule has 1 amide bonds. The quantitative estimate of drug-likeness (QED) is 0.799. The Balaban J connectivity index is 2.85. The Morgan fingerprint density at radius 3 is 2.44 bits per heavy atom. The van der Waals surface area contributed by atoms with E-state index in [4.69, 9.17) is 5.73 Å². The highest BCUT2D eigenvalue weighted by Crippen LogP contribution is 2.31. The largest absolute Gasteiger partial charge is 0.489 e. The normalized spacial score (nSPS) is 11.9. The molecule has 0 saturated heterocycles. The Morgan fingerprint density at radius 2 is 1.88 bits per heavy atom. The van der Waals surface area contributed by atoms with E-state index in [1.165, 1.54) is 18.2 Å². The van der Waals surface area contributed by atoms with E-state index in [2.05, 4.69) is 0 Å². The van der Waals surface area contributed by atoms with Crippen LogP contribution in [0.2, 0.25) is 0 Å². The molecule has 0 aliphatic heterocycles. The van der Waals surface area contributed by atoms with Crippen molar-refractivity contribution in [3.63, 3.8) is 0 Å². The molecule has 0 atom stereocenters. The Kier molecular flexibility index (Phi) is 2.15. The topological polar surface area (TPSA) is 48.0 Å². The highest BCUT2D eigenvalue weighted by atomic mass is 19.4. The Morgan fingerprint density at radius 1 is 1.25 bits per heavy atom. The molecule has 2 aromatic rings. The number of halogens is 3. The molecule has 1 heterocycles. The van der Waals surface area contributed by atoms with Crippen molar-refractivity contribution in [3.05, 3.63) is 36.0 Å². The second-order valence-corrected chi connectivity index (χ2v) is 3.26. The first-order valence-electron chi connectivity index (χ1n) is 4.39. The lowest BCUT2D eigenvalue weighted by Crippen LogP contribution is -2.24. The number of nitrogens with two attached hydrogens (primary N) is 1. The number of benzene rings is 1. The van der Waals surface area contributed by atoms with Gasteiger partial charge in [0.15, 0.2) is 0 Å². The molecule has 0 radical (unpaired) electrons. The number of carbonyl (C=O) groups excluding carboxylic acids is 1. The number of amides is 1. The zero-order valence-electron chi connectivity index (χ0n) is 7.95. The molecule has 16 heavy (non-hydrogen) atoms. The van der Waals surface area contributed by atoms with E-state index in [-0.39, 0.29) is 10.1 Å². The van der Waals surface area contributed by atoms with E-state index in [1.807, 2.05) is 0 Å². The first-order valence-corrected chi connectivity index (χ1v) is 4.39. The fraction of sp³-hybridized carbons (Fsp3) is 0.100. The molecule has 0 unspecified atom stereocenters. The Bertz CT molecular complexity index is 557. The summed E-state index contributed by atoms with van der Waals surface area (Å²) in [4.78, 5) is 10.9. The average Bonchev–Trinajstić information content (AvgIpc) is 2.55. The summed E-state index contributed by atoms with van der Waals surface area (Å²) < 4.78 is 38.2. The van der Waals surface area contributed by atoms with Gasteiger partial charge >= 0.3 is 6.30 Å². The zero-order valence-corrected chi connectivity index (χ0v) is 7.95. The molecule has 0 bridgehead atoms. The molecule has 0 saturated carbocycles. The number of alkyl halides is 3. The molecular formula is C10H7F3N2O. The first kappa shape index (κ1) is 10.5. The van der Waals surface area contributed by atoms with Crippen LogP contribution in [-0.2, 0) is 6.30 Å². The van der Waals surface area contributed by atoms with E-state index in [1.54, 1.807) is 6.07 Å². The van der Waals surface area contributed by atoms with Crippen LogP contribution >= 0.6 is 0 Å². The van der Waals surface area contributed by atoms with Gasteiger partial charge in [-0.15, -0.1) is 13.2 Å². The van der Waals surface area contributed by atoms with Gasteiger partial charge in [-0.25, -0.2) is 4.57 Å². The minimum atomic E-state index is -4.66. The third-order valence-electron chi connectivity index (χ3n) is 2.22. The van der Waals surface area contributed by atoms with E-state index in [9.17, 15) is 18.0 Å².